The Hall–Kier alpha value is -3.39. The summed E-state index contributed by atoms with van der Waals surface area (Å²) in [5.41, 5.74) is 6.72. The summed E-state index contributed by atoms with van der Waals surface area (Å²) >= 11 is 1.41. The number of fused-ring (bicyclic) bond motifs is 1. The van der Waals surface area contributed by atoms with E-state index in [0.717, 1.165) is 10.1 Å². The minimum atomic E-state index is -0.512. The van der Waals surface area contributed by atoms with E-state index in [1.165, 1.54) is 17.4 Å². The fraction of sp³-hybridized carbons (Fsp3) is 0.227. The van der Waals surface area contributed by atoms with Gasteiger partial charge in [0.25, 0.3) is 0 Å². The quantitative estimate of drug-likeness (QED) is 0.318. The number of carbonyl (C=O) groups is 2. The number of carbonyl (C=O) groups excluding carboxylic acids is 2. The first kappa shape index (κ1) is 21.3. The highest BCUT2D eigenvalue weighted by Gasteiger charge is 2.15. The third-order valence-corrected chi connectivity index (χ3v) is 5.31. The maximum Gasteiger partial charge on any atom is 0.338 e. The van der Waals surface area contributed by atoms with Gasteiger partial charge in [0.15, 0.2) is 0 Å². The predicted octanol–water partition coefficient (Wildman–Crippen LogP) is 4.12. The van der Waals surface area contributed by atoms with Crippen LogP contribution in [0.5, 0.6) is 5.75 Å². The number of nitrogen functional groups attached to an aromatic ring is 1. The summed E-state index contributed by atoms with van der Waals surface area (Å²) in [5.74, 6) is -0.372. The Morgan fingerprint density at radius 3 is 2.17 bits per heavy atom. The highest BCUT2D eigenvalue weighted by Crippen LogP contribution is 2.29. The van der Waals surface area contributed by atoms with Gasteiger partial charge in [-0.3, -0.25) is 5.41 Å². The highest BCUT2D eigenvalue weighted by molar-refractivity contribution is 7.20. The van der Waals surface area contributed by atoms with Crippen molar-refractivity contribution >= 4 is 39.2 Å². The van der Waals surface area contributed by atoms with Crippen LogP contribution in [0, 0.1) is 5.41 Å². The topological polar surface area (TPSA) is 112 Å². The van der Waals surface area contributed by atoms with Crippen LogP contribution in [0.4, 0.5) is 0 Å². The average Bonchev–Trinajstić information content (AvgIpc) is 3.16. The fourth-order valence-corrected chi connectivity index (χ4v) is 3.79. The minimum absolute atomic E-state index is 0.0287. The zero-order chi connectivity index (χ0) is 21.7. The number of esters is 2. The summed E-state index contributed by atoms with van der Waals surface area (Å²) in [6.45, 7) is 4.05. The molecule has 0 aliphatic rings. The molecule has 1 heterocycles. The first-order valence-corrected chi connectivity index (χ1v) is 10.2. The van der Waals surface area contributed by atoms with Crippen LogP contribution in [0.3, 0.4) is 0 Å². The van der Waals surface area contributed by atoms with Crippen LogP contribution >= 0.6 is 11.3 Å². The molecule has 0 aliphatic carbocycles. The molecule has 7 nitrogen and oxygen atoms in total. The number of thiophene rings is 1. The second kappa shape index (κ2) is 9.41. The summed E-state index contributed by atoms with van der Waals surface area (Å²) in [4.78, 5) is 25.0. The Kier molecular flexibility index (Phi) is 6.68. The molecule has 0 saturated carbocycles. The van der Waals surface area contributed by atoms with Crippen molar-refractivity contribution < 1.29 is 23.8 Å². The largest absolute Gasteiger partial charge is 0.489 e. The van der Waals surface area contributed by atoms with E-state index in [1.54, 1.807) is 26.0 Å². The van der Waals surface area contributed by atoms with Crippen LogP contribution in [-0.2, 0) is 16.1 Å². The monoisotopic (exact) mass is 426 g/mol. The number of nitrogens with two attached hydrogens (primary N) is 1. The SMILES string of the molecule is CCOC(=O)c1cc(COc2ccc3cc(C(=N)N)sc3c2)cc(C(=O)OCC)c1. The molecular formula is C22H22N2O5S. The second-order valence-electron chi connectivity index (χ2n) is 6.37. The zero-order valence-corrected chi connectivity index (χ0v) is 17.5. The number of ether oxygens (including phenoxy) is 3. The molecule has 0 radical (unpaired) electrons. The van der Waals surface area contributed by atoms with Gasteiger partial charge in [0.2, 0.25) is 0 Å². The number of hydrogen-bond donors (Lipinski definition) is 2. The third-order valence-electron chi connectivity index (χ3n) is 4.18. The van der Waals surface area contributed by atoms with E-state index in [2.05, 4.69) is 0 Å². The molecule has 1 aromatic heterocycles. The van der Waals surface area contributed by atoms with Crippen LogP contribution < -0.4 is 10.5 Å². The van der Waals surface area contributed by atoms with Gasteiger partial charge in [-0.15, -0.1) is 11.3 Å². The number of nitrogens with one attached hydrogen (secondary N) is 1. The molecule has 8 heteroatoms. The molecule has 0 aliphatic heterocycles. The number of hydrogen-bond acceptors (Lipinski definition) is 7. The molecule has 2 aromatic carbocycles. The molecule has 0 bridgehead atoms. The van der Waals surface area contributed by atoms with Crippen molar-refractivity contribution in [2.24, 2.45) is 5.73 Å². The zero-order valence-electron chi connectivity index (χ0n) is 16.7. The lowest BCUT2D eigenvalue weighted by Crippen LogP contribution is -2.11. The van der Waals surface area contributed by atoms with Gasteiger partial charge in [-0.1, -0.05) is 0 Å². The second-order valence-corrected chi connectivity index (χ2v) is 7.46. The van der Waals surface area contributed by atoms with Gasteiger partial charge in [0.05, 0.1) is 29.2 Å². The molecule has 0 spiro atoms. The van der Waals surface area contributed by atoms with Crippen LogP contribution in [0.1, 0.15) is 45.0 Å². The van der Waals surface area contributed by atoms with Gasteiger partial charge in [0.1, 0.15) is 18.2 Å². The first-order chi connectivity index (χ1) is 14.4. The van der Waals surface area contributed by atoms with Crippen molar-refractivity contribution in [1.82, 2.24) is 0 Å². The van der Waals surface area contributed by atoms with Crippen LogP contribution in [0.2, 0.25) is 0 Å². The van der Waals surface area contributed by atoms with E-state index in [0.29, 0.717) is 16.2 Å². The fourth-order valence-electron chi connectivity index (χ4n) is 2.84. The standard InChI is InChI=1S/C22H22N2O5S/c1-3-27-21(25)15-7-13(8-16(9-15)22(26)28-4-2)12-29-17-6-5-14-10-19(20(23)24)30-18(14)11-17/h5-11H,3-4,12H2,1-2H3,(H3,23,24). The molecule has 156 valence electrons. The lowest BCUT2D eigenvalue weighted by Gasteiger charge is -2.11. The summed E-state index contributed by atoms with van der Waals surface area (Å²) in [5, 5.41) is 8.54. The third kappa shape index (κ3) is 4.96. The molecule has 0 saturated heterocycles. The highest BCUT2D eigenvalue weighted by atomic mass is 32.1. The Labute approximate surface area is 177 Å². The van der Waals surface area contributed by atoms with Gasteiger partial charge < -0.3 is 19.9 Å². The van der Waals surface area contributed by atoms with Gasteiger partial charge in [-0.25, -0.2) is 9.59 Å². The molecule has 3 aromatic rings. The van der Waals surface area contributed by atoms with Crippen molar-refractivity contribution in [2.75, 3.05) is 13.2 Å². The van der Waals surface area contributed by atoms with Gasteiger partial charge in [0, 0.05) is 4.70 Å². The molecular weight excluding hydrogens is 404 g/mol. The summed E-state index contributed by atoms with van der Waals surface area (Å²) in [6.07, 6.45) is 0. The molecule has 0 unspecified atom stereocenters. The first-order valence-electron chi connectivity index (χ1n) is 9.40. The van der Waals surface area contributed by atoms with Crippen molar-refractivity contribution in [2.45, 2.75) is 20.5 Å². The van der Waals surface area contributed by atoms with E-state index in [4.69, 9.17) is 25.4 Å². The smallest absolute Gasteiger partial charge is 0.338 e. The van der Waals surface area contributed by atoms with E-state index in [9.17, 15) is 9.59 Å². The lowest BCUT2D eigenvalue weighted by molar-refractivity contribution is 0.0525. The van der Waals surface area contributed by atoms with Crippen molar-refractivity contribution in [3.05, 3.63) is 64.0 Å². The maximum absolute atomic E-state index is 12.2. The molecule has 3 rings (SSSR count). The number of amidine groups is 1. The van der Waals surface area contributed by atoms with Crippen molar-refractivity contribution in [3.63, 3.8) is 0 Å². The Balaban J connectivity index is 1.84. The molecule has 0 atom stereocenters. The maximum atomic E-state index is 12.2. The normalized spacial score (nSPS) is 10.6. The van der Waals surface area contributed by atoms with E-state index < -0.39 is 11.9 Å². The van der Waals surface area contributed by atoms with Gasteiger partial charge >= 0.3 is 11.9 Å². The van der Waals surface area contributed by atoms with Crippen LogP contribution in [-0.4, -0.2) is 31.0 Å². The Morgan fingerprint density at radius 1 is 0.967 bits per heavy atom. The Morgan fingerprint density at radius 2 is 1.60 bits per heavy atom. The minimum Gasteiger partial charge on any atom is -0.489 e. The summed E-state index contributed by atoms with van der Waals surface area (Å²) in [7, 11) is 0. The average molecular weight is 426 g/mol. The van der Waals surface area contributed by atoms with Crippen molar-refractivity contribution in [3.8, 4) is 5.75 Å². The van der Waals surface area contributed by atoms with E-state index in [-0.39, 0.29) is 36.8 Å². The molecule has 0 fully saturated rings. The van der Waals surface area contributed by atoms with Crippen LogP contribution in [0.25, 0.3) is 10.1 Å². The molecule has 0 amide bonds. The predicted molar refractivity (Wildman–Crippen MR) is 116 cm³/mol. The van der Waals surface area contributed by atoms with E-state index >= 15 is 0 Å². The van der Waals surface area contributed by atoms with Gasteiger partial charge in [-0.2, -0.15) is 0 Å². The van der Waals surface area contributed by atoms with E-state index in [1.807, 2.05) is 24.3 Å². The Bertz CT molecular complexity index is 1070. The number of benzene rings is 2. The summed E-state index contributed by atoms with van der Waals surface area (Å²) in [6, 6.07) is 12.2. The van der Waals surface area contributed by atoms with Crippen molar-refractivity contribution in [1.29, 1.82) is 5.41 Å². The molecule has 3 N–H and O–H groups in total. The summed E-state index contributed by atoms with van der Waals surface area (Å²) < 4.78 is 16.9. The molecule has 30 heavy (non-hydrogen) atoms. The lowest BCUT2D eigenvalue weighted by atomic mass is 10.1. The number of rotatable bonds is 8. The van der Waals surface area contributed by atoms with Crippen LogP contribution in [0.15, 0.2) is 42.5 Å². The van der Waals surface area contributed by atoms with Gasteiger partial charge in [-0.05, 0) is 67.3 Å².